The van der Waals surface area contributed by atoms with E-state index in [2.05, 4.69) is 16.9 Å². The van der Waals surface area contributed by atoms with Crippen LogP contribution in [0.3, 0.4) is 0 Å². The Morgan fingerprint density at radius 2 is 2.26 bits per heavy atom. The molecule has 4 nitrogen and oxygen atoms in total. The van der Waals surface area contributed by atoms with Crippen molar-refractivity contribution < 1.29 is 4.39 Å². The number of halogens is 1. The van der Waals surface area contributed by atoms with E-state index in [4.69, 9.17) is 5.73 Å². The summed E-state index contributed by atoms with van der Waals surface area (Å²) < 4.78 is 15.6. The van der Waals surface area contributed by atoms with E-state index < -0.39 is 0 Å². The van der Waals surface area contributed by atoms with Crippen molar-refractivity contribution in [2.45, 2.75) is 19.9 Å². The monoisotopic (exact) mass is 262 g/mol. The highest BCUT2D eigenvalue weighted by molar-refractivity contribution is 5.79. The predicted molar refractivity (Wildman–Crippen MR) is 74.4 cm³/mol. The number of imidazole rings is 1. The Hall–Kier alpha value is -1.62. The topological polar surface area (TPSA) is 47.1 Å². The van der Waals surface area contributed by atoms with E-state index in [1.807, 2.05) is 10.6 Å². The molecule has 0 aliphatic carbocycles. The Bertz CT molecular complexity index is 619. The van der Waals surface area contributed by atoms with Gasteiger partial charge in [-0.25, -0.2) is 9.37 Å². The molecule has 2 N–H and O–H groups in total. The summed E-state index contributed by atoms with van der Waals surface area (Å²) in [6, 6.07) is 3.31. The summed E-state index contributed by atoms with van der Waals surface area (Å²) in [7, 11) is 2.13. The summed E-state index contributed by atoms with van der Waals surface area (Å²) in [5, 5.41) is 0. The van der Waals surface area contributed by atoms with Crippen molar-refractivity contribution in [1.82, 2.24) is 14.5 Å². The van der Waals surface area contributed by atoms with Crippen LogP contribution >= 0.6 is 0 Å². The molecule has 1 saturated heterocycles. The first kappa shape index (κ1) is 12.4. The van der Waals surface area contributed by atoms with E-state index in [1.165, 1.54) is 12.5 Å². The van der Waals surface area contributed by atoms with Crippen molar-refractivity contribution in [2.75, 3.05) is 25.9 Å². The lowest BCUT2D eigenvalue weighted by molar-refractivity contribution is 0.380. The van der Waals surface area contributed by atoms with Crippen LogP contribution in [0.25, 0.3) is 11.0 Å². The number of aromatic nitrogens is 2. The molecule has 5 heteroatoms. The largest absolute Gasteiger partial charge is 0.369 e. The molecule has 1 fully saturated rings. The van der Waals surface area contributed by atoms with Gasteiger partial charge in [-0.1, -0.05) is 0 Å². The van der Waals surface area contributed by atoms with Gasteiger partial charge >= 0.3 is 0 Å². The van der Waals surface area contributed by atoms with Crippen LogP contribution in [0.1, 0.15) is 12.0 Å². The van der Waals surface area contributed by atoms with Gasteiger partial charge < -0.3 is 15.2 Å². The smallest absolute Gasteiger partial charge is 0.201 e. The first-order valence-electron chi connectivity index (χ1n) is 6.65. The minimum absolute atomic E-state index is 0.224. The van der Waals surface area contributed by atoms with Crippen LogP contribution in [0.2, 0.25) is 0 Å². The number of nitrogens with two attached hydrogens (primary N) is 1. The van der Waals surface area contributed by atoms with Crippen LogP contribution in [0.15, 0.2) is 12.1 Å². The summed E-state index contributed by atoms with van der Waals surface area (Å²) in [5.74, 6) is 0.849. The predicted octanol–water partition coefficient (Wildman–Crippen LogP) is 2.02. The SMILES string of the molecule is Cc1cc2c(cc1F)nc(N)n2CC1CCN(C)C1. The number of aryl methyl sites for hydroxylation is 1. The highest BCUT2D eigenvalue weighted by Gasteiger charge is 2.22. The van der Waals surface area contributed by atoms with Crippen molar-refractivity contribution in [3.63, 3.8) is 0 Å². The zero-order valence-corrected chi connectivity index (χ0v) is 11.4. The zero-order valence-electron chi connectivity index (χ0n) is 11.4. The summed E-state index contributed by atoms with van der Waals surface area (Å²) in [6.45, 7) is 4.84. The minimum Gasteiger partial charge on any atom is -0.369 e. The molecule has 1 aliphatic rings. The Balaban J connectivity index is 1.98. The molecule has 19 heavy (non-hydrogen) atoms. The fourth-order valence-electron chi connectivity index (χ4n) is 2.89. The zero-order chi connectivity index (χ0) is 13.6. The van der Waals surface area contributed by atoms with Gasteiger partial charge in [-0.3, -0.25) is 0 Å². The van der Waals surface area contributed by atoms with Gasteiger partial charge in [-0.05, 0) is 44.5 Å². The Morgan fingerprint density at radius 1 is 1.47 bits per heavy atom. The van der Waals surface area contributed by atoms with Crippen molar-refractivity contribution in [1.29, 1.82) is 0 Å². The molecule has 0 amide bonds. The maximum atomic E-state index is 13.5. The first-order valence-corrected chi connectivity index (χ1v) is 6.65. The van der Waals surface area contributed by atoms with Gasteiger partial charge in [0, 0.05) is 19.2 Å². The summed E-state index contributed by atoms with van der Waals surface area (Å²) >= 11 is 0. The normalized spacial score (nSPS) is 20.5. The number of fused-ring (bicyclic) bond motifs is 1. The Labute approximate surface area is 112 Å². The van der Waals surface area contributed by atoms with Crippen LogP contribution in [0, 0.1) is 18.7 Å². The molecular formula is C14H19FN4. The van der Waals surface area contributed by atoms with E-state index in [-0.39, 0.29) is 5.82 Å². The third kappa shape index (κ3) is 2.18. The summed E-state index contributed by atoms with van der Waals surface area (Å²) in [4.78, 5) is 6.59. The van der Waals surface area contributed by atoms with Crippen molar-refractivity contribution >= 4 is 17.0 Å². The molecule has 1 aromatic heterocycles. The van der Waals surface area contributed by atoms with Crippen molar-refractivity contribution in [2.24, 2.45) is 5.92 Å². The van der Waals surface area contributed by atoms with Gasteiger partial charge in [0.25, 0.3) is 0 Å². The number of rotatable bonds is 2. The average Bonchev–Trinajstić information content (AvgIpc) is 2.87. The highest BCUT2D eigenvalue weighted by atomic mass is 19.1. The maximum Gasteiger partial charge on any atom is 0.201 e. The lowest BCUT2D eigenvalue weighted by Crippen LogP contribution is -2.17. The van der Waals surface area contributed by atoms with Gasteiger partial charge in [-0.2, -0.15) is 0 Å². The molecule has 1 aliphatic heterocycles. The maximum absolute atomic E-state index is 13.5. The van der Waals surface area contributed by atoms with E-state index in [0.717, 1.165) is 25.2 Å². The molecule has 102 valence electrons. The number of anilines is 1. The van der Waals surface area contributed by atoms with Gasteiger partial charge in [0.1, 0.15) is 5.82 Å². The standard InChI is InChI=1S/C14H19FN4/c1-9-5-13-12(6-11(9)15)17-14(16)19(13)8-10-3-4-18(2)7-10/h5-6,10H,3-4,7-8H2,1-2H3,(H2,16,17). The van der Waals surface area contributed by atoms with Crippen LogP contribution in [0.5, 0.6) is 0 Å². The number of benzene rings is 1. The molecule has 2 heterocycles. The molecule has 2 aromatic rings. The minimum atomic E-state index is -0.224. The quantitative estimate of drug-likeness (QED) is 0.900. The lowest BCUT2D eigenvalue weighted by atomic mass is 10.1. The second-order valence-corrected chi connectivity index (χ2v) is 5.59. The second kappa shape index (κ2) is 4.49. The van der Waals surface area contributed by atoms with Crippen molar-refractivity contribution in [3.8, 4) is 0 Å². The van der Waals surface area contributed by atoms with Crippen LogP contribution in [0.4, 0.5) is 10.3 Å². The molecule has 3 rings (SSSR count). The first-order chi connectivity index (χ1) is 9.04. The van der Waals surface area contributed by atoms with Gasteiger partial charge in [0.15, 0.2) is 0 Å². The molecular weight excluding hydrogens is 243 g/mol. The lowest BCUT2D eigenvalue weighted by Gasteiger charge is -2.13. The van der Waals surface area contributed by atoms with Crippen molar-refractivity contribution in [3.05, 3.63) is 23.5 Å². The fraction of sp³-hybridized carbons (Fsp3) is 0.500. The van der Waals surface area contributed by atoms with E-state index in [1.54, 1.807) is 6.92 Å². The van der Waals surface area contributed by atoms with E-state index in [0.29, 0.717) is 22.9 Å². The van der Waals surface area contributed by atoms with Crippen LogP contribution in [-0.4, -0.2) is 34.6 Å². The van der Waals surface area contributed by atoms with E-state index >= 15 is 0 Å². The van der Waals surface area contributed by atoms with Crippen LogP contribution in [-0.2, 0) is 6.54 Å². The molecule has 1 atom stereocenters. The number of nitrogen functional groups attached to an aromatic ring is 1. The number of likely N-dealkylation sites (tertiary alicyclic amines) is 1. The second-order valence-electron chi connectivity index (χ2n) is 5.59. The highest BCUT2D eigenvalue weighted by Crippen LogP contribution is 2.25. The van der Waals surface area contributed by atoms with E-state index in [9.17, 15) is 4.39 Å². The molecule has 0 saturated carbocycles. The Morgan fingerprint density at radius 3 is 2.95 bits per heavy atom. The van der Waals surface area contributed by atoms with Crippen LogP contribution < -0.4 is 5.73 Å². The van der Waals surface area contributed by atoms with Gasteiger partial charge in [-0.15, -0.1) is 0 Å². The third-order valence-electron chi connectivity index (χ3n) is 3.99. The average molecular weight is 262 g/mol. The fourth-order valence-corrected chi connectivity index (χ4v) is 2.89. The molecule has 0 bridgehead atoms. The number of hydrogen-bond acceptors (Lipinski definition) is 3. The van der Waals surface area contributed by atoms with Gasteiger partial charge in [0.05, 0.1) is 11.0 Å². The third-order valence-corrected chi connectivity index (χ3v) is 3.99. The van der Waals surface area contributed by atoms with Gasteiger partial charge in [0.2, 0.25) is 5.95 Å². The molecule has 1 unspecified atom stereocenters. The molecule has 0 radical (unpaired) electrons. The molecule has 1 aromatic carbocycles. The number of nitrogens with zero attached hydrogens (tertiary/aromatic N) is 3. The molecule has 0 spiro atoms. The summed E-state index contributed by atoms with van der Waals surface area (Å²) in [6.07, 6.45) is 1.18. The summed E-state index contributed by atoms with van der Waals surface area (Å²) in [5.41, 5.74) is 8.20. The Kier molecular flexibility index (Phi) is 2.93. The number of hydrogen-bond donors (Lipinski definition) is 1.